The van der Waals surface area contributed by atoms with Crippen LogP contribution in [-0.4, -0.2) is 42.2 Å². The van der Waals surface area contributed by atoms with Crippen LogP contribution in [0.25, 0.3) is 0 Å². The molecule has 0 aliphatic carbocycles. The summed E-state index contributed by atoms with van der Waals surface area (Å²) in [4.78, 5) is 0. The summed E-state index contributed by atoms with van der Waals surface area (Å²) in [6.07, 6.45) is 4.44. The van der Waals surface area contributed by atoms with Gasteiger partial charge in [-0.25, -0.2) is 0 Å². The predicted molar refractivity (Wildman–Crippen MR) is 62.7 cm³/mol. The van der Waals surface area contributed by atoms with Crippen LogP contribution < -0.4 is 5.32 Å². The molecule has 0 bridgehead atoms. The van der Waals surface area contributed by atoms with Gasteiger partial charge in [0.05, 0.1) is 31.6 Å². The number of hydrogen-bond acceptors (Lipinski definition) is 4. The number of rotatable bonds is 3. The quantitative estimate of drug-likeness (QED) is 0.835. The summed E-state index contributed by atoms with van der Waals surface area (Å²) in [6.45, 7) is 6.60. The molecule has 1 unspecified atom stereocenters. The van der Waals surface area contributed by atoms with E-state index in [2.05, 4.69) is 23.5 Å². The van der Waals surface area contributed by atoms with E-state index in [1.54, 1.807) is 0 Å². The summed E-state index contributed by atoms with van der Waals surface area (Å²) in [7, 11) is 0. The van der Waals surface area contributed by atoms with Crippen LogP contribution in [0, 0.1) is 5.92 Å². The second-order valence-electron chi connectivity index (χ2n) is 4.99. The van der Waals surface area contributed by atoms with Gasteiger partial charge in [0.15, 0.2) is 0 Å². The summed E-state index contributed by atoms with van der Waals surface area (Å²) in [5.41, 5.74) is 1.17. The lowest BCUT2D eigenvalue weighted by Gasteiger charge is -2.28. The van der Waals surface area contributed by atoms with Crippen molar-refractivity contribution in [3.8, 4) is 0 Å². The molecule has 2 aliphatic rings. The lowest BCUT2D eigenvalue weighted by Crippen LogP contribution is -2.38. The molecule has 3 heterocycles. The Morgan fingerprint density at radius 2 is 2.35 bits per heavy atom. The van der Waals surface area contributed by atoms with E-state index < -0.39 is 0 Å². The van der Waals surface area contributed by atoms with Crippen molar-refractivity contribution >= 4 is 0 Å². The average molecular weight is 237 g/mol. The van der Waals surface area contributed by atoms with Crippen molar-refractivity contribution in [2.75, 3.05) is 26.3 Å². The molecule has 5 nitrogen and oxygen atoms in total. The number of nitrogens with one attached hydrogen (secondary N) is 1. The second-order valence-corrected chi connectivity index (χ2v) is 4.99. The zero-order chi connectivity index (χ0) is 11.7. The minimum Gasteiger partial charge on any atom is -0.381 e. The fraction of sp³-hybridized carbons (Fsp3) is 0.750. The van der Waals surface area contributed by atoms with Crippen LogP contribution in [0.3, 0.4) is 0 Å². The SMILES string of the molecule is C[C@@H]1CNCC(c2cnn(CC3COC3)c2)O1. The lowest BCUT2D eigenvalue weighted by molar-refractivity contribution is -0.0411. The lowest BCUT2D eigenvalue weighted by atomic mass is 10.1. The largest absolute Gasteiger partial charge is 0.381 e. The first-order chi connectivity index (χ1) is 8.31. The maximum Gasteiger partial charge on any atom is 0.0983 e. The molecule has 2 saturated heterocycles. The molecule has 0 saturated carbocycles. The molecule has 5 heteroatoms. The van der Waals surface area contributed by atoms with Crippen molar-refractivity contribution in [2.24, 2.45) is 5.92 Å². The van der Waals surface area contributed by atoms with Gasteiger partial charge in [-0.3, -0.25) is 4.68 Å². The zero-order valence-electron chi connectivity index (χ0n) is 10.1. The highest BCUT2D eigenvalue weighted by Gasteiger charge is 2.23. The van der Waals surface area contributed by atoms with Gasteiger partial charge in [0.25, 0.3) is 0 Å². The molecular weight excluding hydrogens is 218 g/mol. The second kappa shape index (κ2) is 4.76. The van der Waals surface area contributed by atoms with Crippen LogP contribution in [0.2, 0.25) is 0 Å². The van der Waals surface area contributed by atoms with Crippen molar-refractivity contribution in [1.29, 1.82) is 0 Å². The number of hydrogen-bond donors (Lipinski definition) is 1. The van der Waals surface area contributed by atoms with Crippen molar-refractivity contribution in [3.05, 3.63) is 18.0 Å². The molecule has 0 aromatic carbocycles. The fourth-order valence-corrected chi connectivity index (χ4v) is 2.29. The molecule has 94 valence electrons. The Morgan fingerprint density at radius 3 is 3.06 bits per heavy atom. The van der Waals surface area contributed by atoms with Crippen LogP contribution in [0.5, 0.6) is 0 Å². The van der Waals surface area contributed by atoms with Gasteiger partial charge in [0, 0.05) is 37.3 Å². The van der Waals surface area contributed by atoms with Crippen molar-refractivity contribution in [2.45, 2.75) is 25.7 Å². The first-order valence-corrected chi connectivity index (χ1v) is 6.27. The van der Waals surface area contributed by atoms with E-state index in [0.29, 0.717) is 5.92 Å². The third kappa shape index (κ3) is 2.51. The highest BCUT2D eigenvalue weighted by atomic mass is 16.5. The van der Waals surface area contributed by atoms with E-state index in [1.165, 1.54) is 5.56 Å². The zero-order valence-corrected chi connectivity index (χ0v) is 10.1. The van der Waals surface area contributed by atoms with E-state index in [9.17, 15) is 0 Å². The molecule has 0 radical (unpaired) electrons. The van der Waals surface area contributed by atoms with Gasteiger partial charge in [0.2, 0.25) is 0 Å². The van der Waals surface area contributed by atoms with Crippen molar-refractivity contribution in [3.63, 3.8) is 0 Å². The summed E-state index contributed by atoms with van der Waals surface area (Å²) in [6, 6.07) is 0. The third-order valence-electron chi connectivity index (χ3n) is 3.34. The van der Waals surface area contributed by atoms with Gasteiger partial charge >= 0.3 is 0 Å². The van der Waals surface area contributed by atoms with Crippen LogP contribution in [-0.2, 0) is 16.0 Å². The fourth-order valence-electron chi connectivity index (χ4n) is 2.29. The number of morpholine rings is 1. The molecule has 0 spiro atoms. The first-order valence-electron chi connectivity index (χ1n) is 6.27. The molecule has 3 rings (SSSR count). The highest BCUT2D eigenvalue weighted by Crippen LogP contribution is 2.21. The predicted octanol–water partition coefficient (Wildman–Crippen LogP) is 0.579. The monoisotopic (exact) mass is 237 g/mol. The van der Waals surface area contributed by atoms with E-state index in [0.717, 1.165) is 32.8 Å². The Bertz CT molecular complexity index is 376. The maximum absolute atomic E-state index is 5.89. The van der Waals surface area contributed by atoms with Gasteiger partial charge in [-0.15, -0.1) is 0 Å². The van der Waals surface area contributed by atoms with Crippen LogP contribution in [0.1, 0.15) is 18.6 Å². The van der Waals surface area contributed by atoms with E-state index >= 15 is 0 Å². The molecule has 0 amide bonds. The van der Waals surface area contributed by atoms with Gasteiger partial charge < -0.3 is 14.8 Å². The van der Waals surface area contributed by atoms with E-state index in [1.807, 2.05) is 10.9 Å². The number of ether oxygens (including phenoxy) is 2. The molecule has 1 aromatic rings. The van der Waals surface area contributed by atoms with E-state index in [4.69, 9.17) is 9.47 Å². The molecule has 2 atom stereocenters. The standard InChI is InChI=1S/C12H19N3O2/c1-9-2-13-4-12(17-9)11-3-14-15(6-11)5-10-7-16-8-10/h3,6,9-10,12-13H,2,4-5,7-8H2,1H3/t9-,12?/m1/s1. The number of nitrogens with zero attached hydrogens (tertiary/aromatic N) is 2. The Hall–Kier alpha value is -0.910. The molecule has 2 fully saturated rings. The summed E-state index contributed by atoms with van der Waals surface area (Å²) >= 11 is 0. The molecule has 2 aliphatic heterocycles. The molecule has 1 aromatic heterocycles. The topological polar surface area (TPSA) is 48.3 Å². The Labute approximate surface area is 101 Å². The summed E-state index contributed by atoms with van der Waals surface area (Å²) in [5.74, 6) is 0.632. The summed E-state index contributed by atoms with van der Waals surface area (Å²) in [5, 5.41) is 7.76. The normalized spacial score (nSPS) is 30.2. The minimum atomic E-state index is 0.144. The van der Waals surface area contributed by atoms with Gasteiger partial charge in [0.1, 0.15) is 0 Å². The summed E-state index contributed by atoms with van der Waals surface area (Å²) < 4.78 is 13.1. The van der Waals surface area contributed by atoms with Crippen LogP contribution in [0.4, 0.5) is 0 Å². The molecule has 17 heavy (non-hydrogen) atoms. The average Bonchev–Trinajstić information content (AvgIpc) is 2.72. The number of aromatic nitrogens is 2. The maximum atomic E-state index is 5.89. The van der Waals surface area contributed by atoms with Gasteiger partial charge in [-0.2, -0.15) is 5.10 Å². The Balaban J connectivity index is 1.62. The Kier molecular flexibility index (Phi) is 3.13. The van der Waals surface area contributed by atoms with Gasteiger partial charge in [-0.05, 0) is 6.92 Å². The third-order valence-corrected chi connectivity index (χ3v) is 3.34. The smallest absolute Gasteiger partial charge is 0.0983 e. The molecular formula is C12H19N3O2. The van der Waals surface area contributed by atoms with Gasteiger partial charge in [-0.1, -0.05) is 0 Å². The van der Waals surface area contributed by atoms with Crippen LogP contribution in [0.15, 0.2) is 12.4 Å². The van der Waals surface area contributed by atoms with Crippen LogP contribution >= 0.6 is 0 Å². The first kappa shape index (κ1) is 11.2. The van der Waals surface area contributed by atoms with Crippen molar-refractivity contribution < 1.29 is 9.47 Å². The molecule has 1 N–H and O–H groups in total. The van der Waals surface area contributed by atoms with Crippen molar-refractivity contribution in [1.82, 2.24) is 15.1 Å². The Morgan fingerprint density at radius 1 is 1.47 bits per heavy atom. The van der Waals surface area contributed by atoms with E-state index in [-0.39, 0.29) is 12.2 Å². The minimum absolute atomic E-state index is 0.144. The highest BCUT2D eigenvalue weighted by molar-refractivity contribution is 5.10.